The number of aryl methyl sites for hydroxylation is 1. The highest BCUT2D eigenvalue weighted by atomic mass is 35.5. The zero-order valence-electron chi connectivity index (χ0n) is 11.1. The lowest BCUT2D eigenvalue weighted by Crippen LogP contribution is -2.60. The average molecular weight is 270 g/mol. The van der Waals surface area contributed by atoms with Gasteiger partial charge in [0.1, 0.15) is 18.0 Å². The normalized spacial score (nSPS) is 26.8. The van der Waals surface area contributed by atoms with Crippen molar-refractivity contribution in [3.63, 3.8) is 0 Å². The number of halogens is 1. The minimum atomic E-state index is 0.125. The monoisotopic (exact) mass is 269 g/mol. The molecule has 3 nitrogen and oxygen atoms in total. The van der Waals surface area contributed by atoms with Crippen molar-refractivity contribution in [2.45, 2.75) is 38.5 Å². The first-order chi connectivity index (χ1) is 8.65. The Morgan fingerprint density at radius 2 is 2.22 bits per heavy atom. The smallest absolute Gasteiger partial charge is 0.128 e. The summed E-state index contributed by atoms with van der Waals surface area (Å²) >= 11 is 6.00. The summed E-state index contributed by atoms with van der Waals surface area (Å²) in [6.07, 6.45) is 1.23. The van der Waals surface area contributed by atoms with Crippen LogP contribution in [0.2, 0.25) is 5.02 Å². The van der Waals surface area contributed by atoms with Gasteiger partial charge in [0, 0.05) is 24.6 Å². The van der Waals surface area contributed by atoms with Gasteiger partial charge in [-0.3, -0.25) is 0 Å². The summed E-state index contributed by atoms with van der Waals surface area (Å²) < 4.78 is 11.4. The van der Waals surface area contributed by atoms with E-state index in [0.29, 0.717) is 6.04 Å². The molecular weight excluding hydrogens is 250 g/mol. The Balaban J connectivity index is 1.96. The lowest BCUT2D eigenvalue weighted by molar-refractivity contribution is -0.0884. The number of nitrogens with one attached hydrogen (secondary N) is 1. The number of methoxy groups -OCH3 is 1. The van der Waals surface area contributed by atoms with Gasteiger partial charge < -0.3 is 14.8 Å². The Hall–Kier alpha value is -0.770. The second-order valence-electron chi connectivity index (χ2n) is 4.67. The molecule has 0 spiro atoms. The molecule has 3 atom stereocenters. The molecule has 18 heavy (non-hydrogen) atoms. The summed E-state index contributed by atoms with van der Waals surface area (Å²) in [6.45, 7) is 5.03. The maximum atomic E-state index is 6.00. The first kappa shape index (κ1) is 13.7. The Kier molecular flexibility index (Phi) is 4.49. The van der Waals surface area contributed by atoms with E-state index in [1.165, 1.54) is 0 Å². The van der Waals surface area contributed by atoms with Gasteiger partial charge in [-0.2, -0.15) is 0 Å². The van der Waals surface area contributed by atoms with Crippen LogP contribution in [0.5, 0.6) is 5.75 Å². The Morgan fingerprint density at radius 3 is 2.83 bits per heavy atom. The van der Waals surface area contributed by atoms with E-state index in [2.05, 4.69) is 12.2 Å². The van der Waals surface area contributed by atoms with Crippen LogP contribution >= 0.6 is 11.6 Å². The van der Waals surface area contributed by atoms with Crippen molar-refractivity contribution in [3.05, 3.63) is 28.8 Å². The van der Waals surface area contributed by atoms with Gasteiger partial charge in [0.2, 0.25) is 0 Å². The SMILES string of the molecule is CCNC1CC(Oc2ccc(Cl)c(C)c2)C1OC. The highest BCUT2D eigenvalue weighted by molar-refractivity contribution is 6.31. The van der Waals surface area contributed by atoms with Gasteiger partial charge in [-0.15, -0.1) is 0 Å². The van der Waals surface area contributed by atoms with Gasteiger partial charge in [-0.05, 0) is 37.2 Å². The molecule has 1 N–H and O–H groups in total. The molecule has 1 aliphatic carbocycles. The van der Waals surface area contributed by atoms with Crippen molar-refractivity contribution in [2.24, 2.45) is 0 Å². The lowest BCUT2D eigenvalue weighted by Gasteiger charge is -2.43. The minimum Gasteiger partial charge on any atom is -0.488 e. The zero-order chi connectivity index (χ0) is 13.1. The highest BCUT2D eigenvalue weighted by Crippen LogP contribution is 2.30. The highest BCUT2D eigenvalue weighted by Gasteiger charge is 2.42. The van der Waals surface area contributed by atoms with Crippen LogP contribution in [0.3, 0.4) is 0 Å². The quantitative estimate of drug-likeness (QED) is 0.892. The van der Waals surface area contributed by atoms with Crippen molar-refractivity contribution >= 4 is 11.6 Å². The van der Waals surface area contributed by atoms with Crippen molar-refractivity contribution in [1.82, 2.24) is 5.32 Å². The minimum absolute atomic E-state index is 0.125. The predicted molar refractivity (Wildman–Crippen MR) is 73.5 cm³/mol. The van der Waals surface area contributed by atoms with Crippen LogP contribution in [0.4, 0.5) is 0 Å². The fourth-order valence-corrected chi connectivity index (χ4v) is 2.46. The second kappa shape index (κ2) is 5.91. The van der Waals surface area contributed by atoms with Gasteiger partial charge in [-0.25, -0.2) is 0 Å². The maximum absolute atomic E-state index is 6.00. The molecule has 2 rings (SSSR count). The van der Waals surface area contributed by atoms with E-state index in [9.17, 15) is 0 Å². The topological polar surface area (TPSA) is 30.5 Å². The molecule has 0 bridgehead atoms. The molecule has 0 radical (unpaired) electrons. The first-order valence-electron chi connectivity index (χ1n) is 6.34. The van der Waals surface area contributed by atoms with Crippen molar-refractivity contribution < 1.29 is 9.47 Å². The zero-order valence-corrected chi connectivity index (χ0v) is 11.8. The number of benzene rings is 1. The van der Waals surface area contributed by atoms with Crippen molar-refractivity contribution in [3.8, 4) is 5.75 Å². The number of hydrogen-bond acceptors (Lipinski definition) is 3. The largest absolute Gasteiger partial charge is 0.488 e. The molecule has 3 unspecified atom stereocenters. The summed E-state index contributed by atoms with van der Waals surface area (Å²) in [5.41, 5.74) is 1.03. The number of ether oxygens (including phenoxy) is 2. The van der Waals surface area contributed by atoms with Crippen LogP contribution in [0, 0.1) is 6.92 Å². The van der Waals surface area contributed by atoms with Gasteiger partial charge in [-0.1, -0.05) is 18.5 Å². The molecule has 100 valence electrons. The van der Waals surface area contributed by atoms with Crippen LogP contribution in [0.15, 0.2) is 18.2 Å². The van der Waals surface area contributed by atoms with Gasteiger partial charge >= 0.3 is 0 Å². The lowest BCUT2D eigenvalue weighted by atomic mass is 9.85. The third kappa shape index (κ3) is 2.79. The van der Waals surface area contributed by atoms with Crippen LogP contribution < -0.4 is 10.1 Å². The number of likely N-dealkylation sites (N-methyl/N-ethyl adjacent to an activating group) is 1. The maximum Gasteiger partial charge on any atom is 0.128 e. The Labute approximate surface area is 113 Å². The van der Waals surface area contributed by atoms with E-state index in [-0.39, 0.29) is 12.2 Å². The third-order valence-electron chi connectivity index (χ3n) is 3.40. The van der Waals surface area contributed by atoms with E-state index < -0.39 is 0 Å². The summed E-state index contributed by atoms with van der Waals surface area (Å²) in [4.78, 5) is 0. The molecule has 0 aliphatic heterocycles. The van der Waals surface area contributed by atoms with Gasteiger partial charge in [0.05, 0.1) is 0 Å². The molecule has 4 heteroatoms. The van der Waals surface area contributed by atoms with Crippen molar-refractivity contribution in [2.75, 3.05) is 13.7 Å². The van der Waals surface area contributed by atoms with E-state index in [0.717, 1.165) is 29.3 Å². The van der Waals surface area contributed by atoms with E-state index in [1.54, 1.807) is 7.11 Å². The van der Waals surface area contributed by atoms with E-state index >= 15 is 0 Å². The molecule has 0 amide bonds. The Bertz CT molecular complexity index is 411. The molecule has 0 aromatic heterocycles. The van der Waals surface area contributed by atoms with Crippen LogP contribution in [-0.4, -0.2) is 31.9 Å². The van der Waals surface area contributed by atoms with Crippen LogP contribution in [0.1, 0.15) is 18.9 Å². The second-order valence-corrected chi connectivity index (χ2v) is 5.07. The molecular formula is C14H20ClNO2. The summed E-state index contributed by atoms with van der Waals surface area (Å²) in [6, 6.07) is 6.14. The summed E-state index contributed by atoms with van der Waals surface area (Å²) in [5.74, 6) is 0.860. The Morgan fingerprint density at radius 1 is 1.44 bits per heavy atom. The van der Waals surface area contributed by atoms with Crippen LogP contribution in [-0.2, 0) is 4.74 Å². The standard InChI is InChI=1S/C14H20ClNO2/c1-4-16-12-8-13(14(12)17-3)18-10-5-6-11(15)9(2)7-10/h5-7,12-14,16H,4,8H2,1-3H3. The van der Waals surface area contributed by atoms with Gasteiger partial charge in [0.25, 0.3) is 0 Å². The van der Waals surface area contributed by atoms with Crippen molar-refractivity contribution in [1.29, 1.82) is 0 Å². The molecule has 1 aromatic rings. The predicted octanol–water partition coefficient (Wildman–Crippen LogP) is 2.79. The first-order valence-corrected chi connectivity index (χ1v) is 6.72. The number of rotatable bonds is 5. The average Bonchev–Trinajstić information content (AvgIpc) is 2.32. The molecule has 1 saturated carbocycles. The summed E-state index contributed by atoms with van der Waals surface area (Å²) in [7, 11) is 1.73. The van der Waals surface area contributed by atoms with E-state index in [4.69, 9.17) is 21.1 Å². The molecule has 0 saturated heterocycles. The summed E-state index contributed by atoms with van der Waals surface area (Å²) in [5, 5.41) is 4.16. The molecule has 0 heterocycles. The molecule has 1 aromatic carbocycles. The fraction of sp³-hybridized carbons (Fsp3) is 0.571. The number of hydrogen-bond donors (Lipinski definition) is 1. The van der Waals surface area contributed by atoms with Crippen LogP contribution in [0.25, 0.3) is 0 Å². The molecule has 1 aliphatic rings. The van der Waals surface area contributed by atoms with E-state index in [1.807, 2.05) is 25.1 Å². The fourth-order valence-electron chi connectivity index (χ4n) is 2.34. The van der Waals surface area contributed by atoms with Gasteiger partial charge in [0.15, 0.2) is 0 Å². The molecule has 1 fully saturated rings. The third-order valence-corrected chi connectivity index (χ3v) is 3.83.